The maximum atomic E-state index is 10.6. The molecule has 0 bridgehead atoms. The molecule has 0 saturated heterocycles. The normalized spacial score (nSPS) is 10.1. The molecule has 0 aliphatic heterocycles. The van der Waals surface area contributed by atoms with E-state index in [1.165, 1.54) is 18.3 Å². The van der Waals surface area contributed by atoms with Gasteiger partial charge in [-0.1, -0.05) is 0 Å². The zero-order chi connectivity index (χ0) is 12.1. The average molecular weight is 250 g/mol. The second kappa shape index (κ2) is 5.35. The quantitative estimate of drug-likeness (QED) is 0.649. The SMILES string of the molecule is O=[N+]([O-])c1ccnc(NCCc2cscn2)c1. The molecule has 0 amide bonds. The van der Waals surface area contributed by atoms with Crippen LogP contribution in [0.4, 0.5) is 11.5 Å². The van der Waals surface area contributed by atoms with Crippen molar-refractivity contribution >= 4 is 22.8 Å². The van der Waals surface area contributed by atoms with Gasteiger partial charge in [-0.25, -0.2) is 9.97 Å². The lowest BCUT2D eigenvalue weighted by atomic mass is 10.3. The third-order valence-corrected chi connectivity index (χ3v) is 2.76. The predicted octanol–water partition coefficient (Wildman–Crippen LogP) is 2.10. The molecule has 0 spiro atoms. The first kappa shape index (κ1) is 11.5. The summed E-state index contributed by atoms with van der Waals surface area (Å²) in [6.45, 7) is 0.651. The molecule has 6 nitrogen and oxygen atoms in total. The molecule has 0 fully saturated rings. The highest BCUT2D eigenvalue weighted by Gasteiger charge is 2.06. The number of thiazole rings is 1. The fourth-order valence-corrected chi connectivity index (χ4v) is 1.90. The molecule has 2 rings (SSSR count). The van der Waals surface area contributed by atoms with Crippen LogP contribution in [0.25, 0.3) is 0 Å². The van der Waals surface area contributed by atoms with Crippen molar-refractivity contribution in [3.63, 3.8) is 0 Å². The number of pyridine rings is 1. The fourth-order valence-electron chi connectivity index (χ4n) is 1.31. The van der Waals surface area contributed by atoms with Crippen molar-refractivity contribution in [1.82, 2.24) is 9.97 Å². The van der Waals surface area contributed by atoms with Crippen LogP contribution in [-0.2, 0) is 6.42 Å². The van der Waals surface area contributed by atoms with Crippen molar-refractivity contribution in [2.24, 2.45) is 0 Å². The lowest BCUT2D eigenvalue weighted by molar-refractivity contribution is -0.384. The molecule has 0 aliphatic rings. The summed E-state index contributed by atoms with van der Waals surface area (Å²) in [5, 5.41) is 15.6. The average Bonchev–Trinajstić information content (AvgIpc) is 2.82. The Balaban J connectivity index is 1.90. The third kappa shape index (κ3) is 3.22. The molecule has 0 radical (unpaired) electrons. The van der Waals surface area contributed by atoms with E-state index in [1.807, 2.05) is 5.38 Å². The topological polar surface area (TPSA) is 81.0 Å². The Morgan fingerprint density at radius 2 is 2.35 bits per heavy atom. The minimum absolute atomic E-state index is 0.0381. The van der Waals surface area contributed by atoms with E-state index in [4.69, 9.17) is 0 Å². The van der Waals surface area contributed by atoms with Gasteiger partial charge < -0.3 is 5.32 Å². The van der Waals surface area contributed by atoms with Crippen LogP contribution in [0.5, 0.6) is 0 Å². The Labute approximate surface area is 102 Å². The Morgan fingerprint density at radius 3 is 3.06 bits per heavy atom. The summed E-state index contributed by atoms with van der Waals surface area (Å²) in [7, 11) is 0. The van der Waals surface area contributed by atoms with Crippen molar-refractivity contribution in [1.29, 1.82) is 0 Å². The summed E-state index contributed by atoms with van der Waals surface area (Å²) in [5.74, 6) is 0.509. The van der Waals surface area contributed by atoms with Gasteiger partial charge in [0.2, 0.25) is 0 Å². The first-order chi connectivity index (χ1) is 8.25. The second-order valence-corrected chi connectivity index (χ2v) is 4.03. The zero-order valence-corrected chi connectivity index (χ0v) is 9.68. The van der Waals surface area contributed by atoms with Crippen LogP contribution in [0, 0.1) is 10.1 Å². The van der Waals surface area contributed by atoms with E-state index in [1.54, 1.807) is 16.8 Å². The number of hydrogen-bond donors (Lipinski definition) is 1. The lowest BCUT2D eigenvalue weighted by Crippen LogP contribution is -2.06. The van der Waals surface area contributed by atoms with Gasteiger partial charge in [-0.05, 0) is 0 Å². The fraction of sp³-hybridized carbons (Fsp3) is 0.200. The standard InChI is InChI=1S/C10H10N4O2S/c15-14(16)9-2-4-12-10(5-9)11-3-1-8-6-17-7-13-8/h2,4-7H,1,3H2,(H,11,12). The molecule has 0 aliphatic carbocycles. The number of hydrogen-bond acceptors (Lipinski definition) is 6. The van der Waals surface area contributed by atoms with Gasteiger partial charge in [0.25, 0.3) is 5.69 Å². The highest BCUT2D eigenvalue weighted by molar-refractivity contribution is 7.07. The monoisotopic (exact) mass is 250 g/mol. The number of anilines is 1. The summed E-state index contributed by atoms with van der Waals surface area (Å²) < 4.78 is 0. The summed E-state index contributed by atoms with van der Waals surface area (Å²) in [6, 6.07) is 2.78. The Kier molecular flexibility index (Phi) is 3.61. The first-order valence-corrected chi connectivity index (χ1v) is 5.91. The Hall–Kier alpha value is -2.02. The molecule has 17 heavy (non-hydrogen) atoms. The highest BCUT2D eigenvalue weighted by Crippen LogP contribution is 2.14. The van der Waals surface area contributed by atoms with Gasteiger partial charge >= 0.3 is 0 Å². The van der Waals surface area contributed by atoms with E-state index in [0.717, 1.165) is 12.1 Å². The zero-order valence-electron chi connectivity index (χ0n) is 8.87. The van der Waals surface area contributed by atoms with Crippen molar-refractivity contribution in [2.75, 3.05) is 11.9 Å². The molecular weight excluding hydrogens is 240 g/mol. The number of nitrogens with one attached hydrogen (secondary N) is 1. The molecule has 2 heterocycles. The van der Waals surface area contributed by atoms with Crippen LogP contribution < -0.4 is 5.32 Å². The van der Waals surface area contributed by atoms with Crippen LogP contribution >= 0.6 is 11.3 Å². The van der Waals surface area contributed by atoms with E-state index in [-0.39, 0.29) is 5.69 Å². The Bertz CT molecular complexity index is 501. The molecule has 0 aromatic carbocycles. The van der Waals surface area contributed by atoms with Crippen LogP contribution in [0.15, 0.2) is 29.2 Å². The minimum atomic E-state index is -0.437. The minimum Gasteiger partial charge on any atom is -0.369 e. The molecule has 88 valence electrons. The van der Waals surface area contributed by atoms with Gasteiger partial charge in [0.15, 0.2) is 0 Å². The van der Waals surface area contributed by atoms with Gasteiger partial charge in [-0.3, -0.25) is 10.1 Å². The van der Waals surface area contributed by atoms with Gasteiger partial charge in [0, 0.05) is 30.6 Å². The number of nitrogens with zero attached hydrogens (tertiary/aromatic N) is 3. The van der Waals surface area contributed by atoms with Crippen LogP contribution in [0.3, 0.4) is 0 Å². The Morgan fingerprint density at radius 1 is 1.47 bits per heavy atom. The first-order valence-electron chi connectivity index (χ1n) is 4.97. The van der Waals surface area contributed by atoms with E-state index in [0.29, 0.717) is 12.4 Å². The molecule has 7 heteroatoms. The molecule has 0 unspecified atom stereocenters. The highest BCUT2D eigenvalue weighted by atomic mass is 32.1. The molecule has 2 aromatic rings. The maximum absolute atomic E-state index is 10.6. The van der Waals surface area contributed by atoms with Crippen molar-refractivity contribution in [3.05, 3.63) is 45.0 Å². The van der Waals surface area contributed by atoms with E-state index in [2.05, 4.69) is 15.3 Å². The smallest absolute Gasteiger partial charge is 0.274 e. The van der Waals surface area contributed by atoms with Gasteiger partial charge in [-0.2, -0.15) is 0 Å². The molecule has 1 N–H and O–H groups in total. The largest absolute Gasteiger partial charge is 0.369 e. The van der Waals surface area contributed by atoms with E-state index in [9.17, 15) is 10.1 Å². The second-order valence-electron chi connectivity index (χ2n) is 3.31. The number of nitro groups is 1. The van der Waals surface area contributed by atoms with Crippen LogP contribution in [0.1, 0.15) is 5.69 Å². The third-order valence-electron chi connectivity index (χ3n) is 2.13. The van der Waals surface area contributed by atoms with Crippen molar-refractivity contribution < 1.29 is 4.92 Å². The van der Waals surface area contributed by atoms with E-state index < -0.39 is 4.92 Å². The lowest BCUT2D eigenvalue weighted by Gasteiger charge is -2.03. The summed E-state index contributed by atoms with van der Waals surface area (Å²) in [5.41, 5.74) is 2.82. The van der Waals surface area contributed by atoms with Crippen molar-refractivity contribution in [2.45, 2.75) is 6.42 Å². The van der Waals surface area contributed by atoms with Crippen molar-refractivity contribution in [3.8, 4) is 0 Å². The molecular formula is C10H10N4O2S. The summed E-state index contributed by atoms with van der Waals surface area (Å²) >= 11 is 1.55. The van der Waals surface area contributed by atoms with E-state index >= 15 is 0 Å². The molecule has 0 atom stereocenters. The van der Waals surface area contributed by atoms with Gasteiger partial charge in [0.1, 0.15) is 5.82 Å². The molecule has 0 saturated carbocycles. The maximum Gasteiger partial charge on any atom is 0.274 e. The predicted molar refractivity (Wildman–Crippen MR) is 65.2 cm³/mol. The van der Waals surface area contributed by atoms with Crippen LogP contribution in [0.2, 0.25) is 0 Å². The summed E-state index contributed by atoms with van der Waals surface area (Å²) in [6.07, 6.45) is 2.19. The number of aromatic nitrogens is 2. The molecule has 2 aromatic heterocycles. The number of rotatable bonds is 5. The summed E-state index contributed by atoms with van der Waals surface area (Å²) in [4.78, 5) is 18.3. The van der Waals surface area contributed by atoms with Crippen LogP contribution in [-0.4, -0.2) is 21.4 Å². The van der Waals surface area contributed by atoms with Gasteiger partial charge in [0.05, 0.1) is 22.2 Å². The van der Waals surface area contributed by atoms with Gasteiger partial charge in [-0.15, -0.1) is 11.3 Å².